The summed E-state index contributed by atoms with van der Waals surface area (Å²) in [5.41, 5.74) is 1.68. The average molecular weight is 478 g/mol. The number of hydrogen-bond donors (Lipinski definition) is 1. The first-order valence-electron chi connectivity index (χ1n) is 11.1. The van der Waals surface area contributed by atoms with Gasteiger partial charge in [0.2, 0.25) is 0 Å². The van der Waals surface area contributed by atoms with E-state index in [1.165, 1.54) is 11.3 Å². The van der Waals surface area contributed by atoms with Gasteiger partial charge in [-0.15, -0.1) is 11.3 Å². The Morgan fingerprint density at radius 1 is 1.15 bits per heavy atom. The number of carbonyl (C=O) groups is 1. The van der Waals surface area contributed by atoms with Crippen molar-refractivity contribution in [1.82, 2.24) is 9.97 Å². The molecule has 3 aromatic rings. The molecule has 0 bridgehead atoms. The zero-order valence-electron chi connectivity index (χ0n) is 21.2. The number of para-hydroxylation sites is 1. The number of carbonyl (C=O) groups excluding carboxylic acids is 1. The Kier molecular flexibility index (Phi) is 11.2. The third-order valence-corrected chi connectivity index (χ3v) is 4.89. The predicted molar refractivity (Wildman–Crippen MR) is 139 cm³/mol. The molecule has 1 amide bonds. The number of benzene rings is 1. The van der Waals surface area contributed by atoms with E-state index < -0.39 is 11.7 Å². The molecule has 0 aliphatic carbocycles. The molecule has 3 rings (SSSR count). The van der Waals surface area contributed by atoms with E-state index in [1.54, 1.807) is 4.90 Å². The Hall–Kier alpha value is -2.71. The van der Waals surface area contributed by atoms with E-state index in [0.29, 0.717) is 23.1 Å². The minimum Gasteiger partial charge on any atom is -0.493 e. The number of amides is 1. The van der Waals surface area contributed by atoms with Gasteiger partial charge in [-0.05, 0) is 53.7 Å². The van der Waals surface area contributed by atoms with Crippen molar-refractivity contribution in [2.24, 2.45) is 0 Å². The van der Waals surface area contributed by atoms with Crippen LogP contribution >= 0.6 is 11.3 Å². The van der Waals surface area contributed by atoms with E-state index in [4.69, 9.17) is 19.6 Å². The number of thiazole rings is 1. The SMILES string of the molecule is CC.CCOc1cc(-c2csc(N(C(=O)OC(C)(C)C)C(C)C)n2)nc2ccccc12.CO.[HH]. The smallest absolute Gasteiger partial charge is 0.416 e. The molecule has 0 fully saturated rings. The normalized spacial score (nSPS) is 10.6. The van der Waals surface area contributed by atoms with E-state index >= 15 is 0 Å². The average Bonchev–Trinajstić information content (AvgIpc) is 3.25. The summed E-state index contributed by atoms with van der Waals surface area (Å²) in [4.78, 5) is 23.7. The van der Waals surface area contributed by atoms with Gasteiger partial charge in [0.15, 0.2) is 5.13 Å². The van der Waals surface area contributed by atoms with Gasteiger partial charge in [-0.1, -0.05) is 26.0 Å². The summed E-state index contributed by atoms with van der Waals surface area (Å²) in [5.74, 6) is 0.774. The number of rotatable bonds is 5. The van der Waals surface area contributed by atoms with Crippen LogP contribution < -0.4 is 9.64 Å². The molecule has 0 radical (unpaired) electrons. The fraction of sp³-hybridized carbons (Fsp3) is 0.480. The summed E-state index contributed by atoms with van der Waals surface area (Å²) in [6, 6.07) is 9.67. The van der Waals surface area contributed by atoms with Gasteiger partial charge in [-0.2, -0.15) is 0 Å². The lowest BCUT2D eigenvalue weighted by molar-refractivity contribution is 0.0570. The number of ether oxygens (including phenoxy) is 2. The first-order chi connectivity index (χ1) is 15.7. The maximum absolute atomic E-state index is 12.7. The van der Waals surface area contributed by atoms with E-state index in [1.807, 2.05) is 91.1 Å². The summed E-state index contributed by atoms with van der Waals surface area (Å²) in [7, 11) is 1.00. The van der Waals surface area contributed by atoms with Crippen molar-refractivity contribution in [2.45, 2.75) is 67.0 Å². The third-order valence-electron chi connectivity index (χ3n) is 4.05. The molecule has 0 aliphatic rings. The van der Waals surface area contributed by atoms with E-state index in [9.17, 15) is 4.79 Å². The third kappa shape index (κ3) is 7.68. The van der Waals surface area contributed by atoms with Crippen LogP contribution in [0.4, 0.5) is 9.93 Å². The van der Waals surface area contributed by atoms with Crippen LogP contribution in [0.3, 0.4) is 0 Å². The molecular formula is C25H39N3O4S. The number of nitrogens with zero attached hydrogens (tertiary/aromatic N) is 3. The number of aliphatic hydroxyl groups excluding tert-OH is 1. The van der Waals surface area contributed by atoms with Crippen LogP contribution in [-0.2, 0) is 4.74 Å². The molecule has 8 heteroatoms. The van der Waals surface area contributed by atoms with Crippen molar-refractivity contribution in [2.75, 3.05) is 18.6 Å². The van der Waals surface area contributed by atoms with Crippen LogP contribution in [0.15, 0.2) is 35.7 Å². The van der Waals surface area contributed by atoms with E-state index in [2.05, 4.69) is 4.98 Å². The number of hydrogen-bond acceptors (Lipinski definition) is 7. The van der Waals surface area contributed by atoms with Crippen LogP contribution in [0.25, 0.3) is 22.3 Å². The predicted octanol–water partition coefficient (Wildman–Crippen LogP) is 6.79. The second-order valence-electron chi connectivity index (χ2n) is 7.92. The second-order valence-corrected chi connectivity index (χ2v) is 8.75. The molecule has 7 nitrogen and oxygen atoms in total. The zero-order valence-corrected chi connectivity index (χ0v) is 22.0. The highest BCUT2D eigenvalue weighted by Gasteiger charge is 2.28. The molecule has 33 heavy (non-hydrogen) atoms. The van der Waals surface area contributed by atoms with Crippen molar-refractivity contribution >= 4 is 33.5 Å². The van der Waals surface area contributed by atoms with Crippen LogP contribution in [0.1, 0.15) is 56.8 Å². The van der Waals surface area contributed by atoms with Gasteiger partial charge in [0.25, 0.3) is 0 Å². The minimum absolute atomic E-state index is 0. The van der Waals surface area contributed by atoms with Gasteiger partial charge in [0, 0.05) is 31.4 Å². The second kappa shape index (κ2) is 13.1. The van der Waals surface area contributed by atoms with Gasteiger partial charge >= 0.3 is 6.09 Å². The Morgan fingerprint density at radius 2 is 1.79 bits per heavy atom. The van der Waals surface area contributed by atoms with Gasteiger partial charge in [-0.3, -0.25) is 4.90 Å². The quantitative estimate of drug-likeness (QED) is 0.435. The maximum Gasteiger partial charge on any atom is 0.416 e. The lowest BCUT2D eigenvalue weighted by Crippen LogP contribution is -2.41. The lowest BCUT2D eigenvalue weighted by Gasteiger charge is -2.28. The largest absolute Gasteiger partial charge is 0.493 e. The molecular weight excluding hydrogens is 438 g/mol. The Morgan fingerprint density at radius 3 is 2.36 bits per heavy atom. The first-order valence-corrected chi connectivity index (χ1v) is 12.0. The number of aliphatic hydroxyl groups is 1. The minimum atomic E-state index is -0.573. The maximum atomic E-state index is 12.7. The molecule has 184 valence electrons. The van der Waals surface area contributed by atoms with Crippen LogP contribution in [0, 0.1) is 0 Å². The molecule has 0 unspecified atom stereocenters. The summed E-state index contributed by atoms with van der Waals surface area (Å²) in [6.45, 7) is 16.0. The van der Waals surface area contributed by atoms with Crippen molar-refractivity contribution in [3.63, 3.8) is 0 Å². The highest BCUT2D eigenvalue weighted by molar-refractivity contribution is 7.14. The Labute approximate surface area is 202 Å². The molecule has 0 aliphatic heterocycles. The molecule has 2 aromatic heterocycles. The topological polar surface area (TPSA) is 84.8 Å². The number of anilines is 1. The van der Waals surface area contributed by atoms with Crippen molar-refractivity contribution in [3.05, 3.63) is 35.7 Å². The van der Waals surface area contributed by atoms with Gasteiger partial charge in [-0.25, -0.2) is 14.8 Å². The van der Waals surface area contributed by atoms with Crippen molar-refractivity contribution in [3.8, 4) is 17.1 Å². The van der Waals surface area contributed by atoms with E-state index in [0.717, 1.165) is 23.8 Å². The van der Waals surface area contributed by atoms with Crippen LogP contribution in [-0.4, -0.2) is 46.5 Å². The molecule has 0 spiro atoms. The standard InChI is InChI=1S/C22H27N3O3S.C2H6.CH4O.H2/c1-7-27-19-12-17(23-16-11-9-8-10-15(16)19)18-13-29-20(24-18)25(14(2)3)21(26)28-22(4,5)6;2*1-2;/h8-14H,7H2,1-6H3;1-2H3;2H,1H3;1H. The summed E-state index contributed by atoms with van der Waals surface area (Å²) >= 11 is 1.39. The highest BCUT2D eigenvalue weighted by atomic mass is 32.1. The molecule has 0 atom stereocenters. The molecule has 2 heterocycles. The number of aromatic nitrogens is 2. The summed E-state index contributed by atoms with van der Waals surface area (Å²) < 4.78 is 11.4. The monoisotopic (exact) mass is 477 g/mol. The molecule has 1 N–H and O–H groups in total. The first kappa shape index (κ1) is 28.3. The zero-order chi connectivity index (χ0) is 25.2. The molecule has 0 saturated heterocycles. The van der Waals surface area contributed by atoms with Gasteiger partial charge < -0.3 is 14.6 Å². The highest BCUT2D eigenvalue weighted by Crippen LogP contribution is 2.33. The summed E-state index contributed by atoms with van der Waals surface area (Å²) in [6.07, 6.45) is -0.408. The van der Waals surface area contributed by atoms with Crippen LogP contribution in [0.5, 0.6) is 5.75 Å². The lowest BCUT2D eigenvalue weighted by atomic mass is 10.1. The van der Waals surface area contributed by atoms with Gasteiger partial charge in [0.1, 0.15) is 17.0 Å². The van der Waals surface area contributed by atoms with E-state index in [-0.39, 0.29) is 7.47 Å². The van der Waals surface area contributed by atoms with Gasteiger partial charge in [0.05, 0.1) is 17.8 Å². The summed E-state index contributed by atoms with van der Waals surface area (Å²) in [5, 5.41) is 10.4. The fourth-order valence-electron chi connectivity index (χ4n) is 2.86. The molecule has 0 saturated carbocycles. The fourth-order valence-corrected chi connectivity index (χ4v) is 3.80. The van der Waals surface area contributed by atoms with Crippen molar-refractivity contribution in [1.29, 1.82) is 0 Å². The van der Waals surface area contributed by atoms with Crippen LogP contribution in [0.2, 0.25) is 0 Å². The number of pyridine rings is 1. The Balaban J connectivity index is 0.00000207. The molecule has 1 aromatic carbocycles. The van der Waals surface area contributed by atoms with Crippen molar-refractivity contribution < 1.29 is 20.8 Å². The number of fused-ring (bicyclic) bond motifs is 1. The Bertz CT molecular complexity index is 1020.